The summed E-state index contributed by atoms with van der Waals surface area (Å²) < 4.78 is 10.9. The first-order valence-electron chi connectivity index (χ1n) is 3.19. The Kier molecular flexibility index (Phi) is 3.26. The smallest absolute Gasteiger partial charge is 0.264 e. The van der Waals surface area contributed by atoms with E-state index in [1.54, 1.807) is 0 Å². The molecule has 0 aliphatic carbocycles. The zero-order valence-corrected chi connectivity index (χ0v) is 7.39. The van der Waals surface area contributed by atoms with Crippen LogP contribution in [0.3, 0.4) is 0 Å². The zero-order chi connectivity index (χ0) is 8.36. The van der Waals surface area contributed by atoms with E-state index in [1.807, 2.05) is 13.8 Å². The van der Waals surface area contributed by atoms with Crippen molar-refractivity contribution < 1.29 is 14.3 Å². The zero-order valence-electron chi connectivity index (χ0n) is 6.50. The molecule has 0 rings (SSSR count). The number of carbonyl (C=O) groups excluding carboxylic acids is 1. The summed E-state index contributed by atoms with van der Waals surface area (Å²) in [4.78, 5) is 19.5. The van der Waals surface area contributed by atoms with Gasteiger partial charge in [0.1, 0.15) is 0 Å². The lowest BCUT2D eigenvalue weighted by Crippen LogP contribution is -2.03. The van der Waals surface area contributed by atoms with Crippen LogP contribution in [-0.2, 0) is 9.36 Å². The summed E-state index contributed by atoms with van der Waals surface area (Å²) in [5.41, 5.74) is -0.596. The second-order valence-corrected chi connectivity index (χ2v) is 5.20. The second kappa shape index (κ2) is 3.31. The highest BCUT2D eigenvalue weighted by atomic mass is 31.2. The van der Waals surface area contributed by atoms with E-state index in [-0.39, 0.29) is 12.1 Å². The van der Waals surface area contributed by atoms with E-state index in [4.69, 9.17) is 4.89 Å². The van der Waals surface area contributed by atoms with E-state index in [0.29, 0.717) is 0 Å². The monoisotopic (exact) mass is 164 g/mol. The lowest BCUT2D eigenvalue weighted by atomic mass is 10.3. The van der Waals surface area contributed by atoms with Crippen LogP contribution in [0.5, 0.6) is 0 Å². The highest BCUT2D eigenvalue weighted by molar-refractivity contribution is 7.75. The molecule has 1 unspecified atom stereocenters. The quantitative estimate of drug-likeness (QED) is 0.642. The molecule has 0 radical (unpaired) electrons. The van der Waals surface area contributed by atoms with E-state index in [1.165, 1.54) is 0 Å². The van der Waals surface area contributed by atoms with Crippen molar-refractivity contribution in [1.29, 1.82) is 0 Å². The van der Waals surface area contributed by atoms with E-state index >= 15 is 0 Å². The summed E-state index contributed by atoms with van der Waals surface area (Å²) in [6, 6.07) is 0. The first-order valence-corrected chi connectivity index (χ1v) is 5.03. The van der Waals surface area contributed by atoms with Crippen molar-refractivity contribution in [3.63, 3.8) is 0 Å². The largest absolute Gasteiger partial charge is 0.339 e. The highest BCUT2D eigenvalue weighted by Gasteiger charge is 2.24. The molecule has 0 aromatic heterocycles. The Morgan fingerprint density at radius 1 is 1.60 bits per heavy atom. The number of carbonyl (C=O) groups is 1. The molecule has 0 bridgehead atoms. The predicted octanol–water partition coefficient (Wildman–Crippen LogP) is 1.46. The van der Waals surface area contributed by atoms with Crippen molar-refractivity contribution in [3.05, 3.63) is 0 Å². The maximum Gasteiger partial charge on any atom is 0.264 e. The SMILES string of the molecule is CC(=O)P(=O)(O)CC(C)C. The maximum atomic E-state index is 10.9. The van der Waals surface area contributed by atoms with Gasteiger partial charge < -0.3 is 4.89 Å². The van der Waals surface area contributed by atoms with Gasteiger partial charge in [-0.3, -0.25) is 9.36 Å². The molecule has 0 spiro atoms. The van der Waals surface area contributed by atoms with Gasteiger partial charge in [-0.05, 0) is 5.92 Å². The Morgan fingerprint density at radius 2 is 2.00 bits per heavy atom. The van der Waals surface area contributed by atoms with Crippen molar-refractivity contribution in [2.24, 2.45) is 5.92 Å². The standard InChI is InChI=1S/C6H13O3P/c1-5(2)4-10(8,9)6(3)7/h5H,4H2,1-3H3,(H,8,9). The summed E-state index contributed by atoms with van der Waals surface area (Å²) in [6.07, 6.45) is 0.0995. The van der Waals surface area contributed by atoms with Crippen LogP contribution in [0.2, 0.25) is 0 Å². The third kappa shape index (κ3) is 3.14. The number of rotatable bonds is 3. The first kappa shape index (κ1) is 9.86. The predicted molar refractivity (Wildman–Crippen MR) is 40.2 cm³/mol. The summed E-state index contributed by atoms with van der Waals surface area (Å²) in [7, 11) is -3.46. The van der Waals surface area contributed by atoms with Crippen LogP contribution in [0.1, 0.15) is 20.8 Å². The highest BCUT2D eigenvalue weighted by Crippen LogP contribution is 2.42. The Labute approximate surface area is 60.9 Å². The van der Waals surface area contributed by atoms with Crippen LogP contribution < -0.4 is 0 Å². The van der Waals surface area contributed by atoms with Gasteiger partial charge in [-0.1, -0.05) is 13.8 Å². The average Bonchev–Trinajstić information content (AvgIpc) is 1.60. The van der Waals surface area contributed by atoms with Gasteiger partial charge in [0.25, 0.3) is 7.37 Å². The van der Waals surface area contributed by atoms with Crippen molar-refractivity contribution in [2.45, 2.75) is 20.8 Å². The Balaban J connectivity index is 4.15. The molecule has 0 fully saturated rings. The van der Waals surface area contributed by atoms with Crippen molar-refractivity contribution >= 4 is 12.9 Å². The molecule has 0 saturated heterocycles. The summed E-state index contributed by atoms with van der Waals surface area (Å²) in [6.45, 7) is 4.78. The molecule has 0 heterocycles. The third-order valence-corrected chi connectivity index (χ3v) is 3.31. The normalized spacial score (nSPS) is 16.9. The molecule has 3 nitrogen and oxygen atoms in total. The molecular weight excluding hydrogens is 151 g/mol. The minimum Gasteiger partial charge on any atom is -0.339 e. The topological polar surface area (TPSA) is 54.4 Å². The fourth-order valence-corrected chi connectivity index (χ4v) is 1.87. The van der Waals surface area contributed by atoms with Crippen LogP contribution >= 0.6 is 7.37 Å². The Morgan fingerprint density at radius 3 is 2.10 bits per heavy atom. The molecule has 10 heavy (non-hydrogen) atoms. The fourth-order valence-electron chi connectivity index (χ4n) is 0.623. The molecule has 0 aliphatic heterocycles. The van der Waals surface area contributed by atoms with Crippen molar-refractivity contribution in [2.75, 3.05) is 6.16 Å². The minimum atomic E-state index is -3.46. The molecule has 0 aromatic carbocycles. The van der Waals surface area contributed by atoms with Crippen LogP contribution in [0.25, 0.3) is 0 Å². The Bertz CT molecular complexity index is 174. The molecule has 4 heteroatoms. The molecule has 1 atom stereocenters. The minimum absolute atomic E-state index is 0.0970. The van der Waals surface area contributed by atoms with Crippen LogP contribution in [0, 0.1) is 5.92 Å². The molecule has 0 amide bonds. The average molecular weight is 164 g/mol. The lowest BCUT2D eigenvalue weighted by Gasteiger charge is -2.08. The second-order valence-electron chi connectivity index (χ2n) is 2.80. The van der Waals surface area contributed by atoms with E-state index in [0.717, 1.165) is 6.92 Å². The number of hydrogen-bond acceptors (Lipinski definition) is 2. The first-order chi connectivity index (χ1) is 4.36. The van der Waals surface area contributed by atoms with Gasteiger partial charge in [0.05, 0.1) is 0 Å². The van der Waals surface area contributed by atoms with Gasteiger partial charge in [-0.25, -0.2) is 0 Å². The molecular formula is C6H13O3P. The summed E-state index contributed by atoms with van der Waals surface area (Å²) in [5.74, 6) is 0.0970. The van der Waals surface area contributed by atoms with E-state index in [2.05, 4.69) is 0 Å². The van der Waals surface area contributed by atoms with E-state index < -0.39 is 12.9 Å². The summed E-state index contributed by atoms with van der Waals surface area (Å²) in [5, 5.41) is 0. The number of hydrogen-bond donors (Lipinski definition) is 1. The van der Waals surface area contributed by atoms with Gasteiger partial charge in [0.15, 0.2) is 0 Å². The lowest BCUT2D eigenvalue weighted by molar-refractivity contribution is -0.110. The summed E-state index contributed by atoms with van der Waals surface area (Å²) >= 11 is 0. The molecule has 0 aromatic rings. The fraction of sp³-hybridized carbons (Fsp3) is 0.833. The van der Waals surface area contributed by atoms with Crippen LogP contribution in [0.4, 0.5) is 0 Å². The van der Waals surface area contributed by atoms with Gasteiger partial charge in [-0.15, -0.1) is 0 Å². The Hall–Kier alpha value is -0.140. The van der Waals surface area contributed by atoms with Crippen LogP contribution in [-0.4, -0.2) is 16.6 Å². The third-order valence-electron chi connectivity index (χ3n) is 1.10. The van der Waals surface area contributed by atoms with Crippen LogP contribution in [0.15, 0.2) is 0 Å². The molecule has 1 N–H and O–H groups in total. The molecule has 0 aliphatic rings. The van der Waals surface area contributed by atoms with Gasteiger partial charge in [0, 0.05) is 13.1 Å². The van der Waals surface area contributed by atoms with Gasteiger partial charge >= 0.3 is 0 Å². The van der Waals surface area contributed by atoms with Gasteiger partial charge in [-0.2, -0.15) is 0 Å². The maximum absolute atomic E-state index is 10.9. The van der Waals surface area contributed by atoms with Crippen molar-refractivity contribution in [1.82, 2.24) is 0 Å². The van der Waals surface area contributed by atoms with Gasteiger partial charge in [0.2, 0.25) is 5.52 Å². The molecule has 0 saturated carbocycles. The molecule has 60 valence electrons. The van der Waals surface area contributed by atoms with E-state index in [9.17, 15) is 9.36 Å². The van der Waals surface area contributed by atoms with Crippen molar-refractivity contribution in [3.8, 4) is 0 Å².